The average molecular weight is 360 g/mol. The van der Waals surface area contributed by atoms with Crippen molar-refractivity contribution >= 4 is 5.97 Å². The maximum absolute atomic E-state index is 12.4. The summed E-state index contributed by atoms with van der Waals surface area (Å²) in [6, 6.07) is -0.563. The Kier molecular flexibility index (Phi) is 4.96. The van der Waals surface area contributed by atoms with E-state index in [2.05, 4.69) is 25.1 Å². The number of carbonyl (C=O) groups excluding carboxylic acids is 1. The van der Waals surface area contributed by atoms with E-state index in [4.69, 9.17) is 15.0 Å². The maximum Gasteiger partial charge on any atom is 0.351 e. The van der Waals surface area contributed by atoms with Gasteiger partial charge in [0.15, 0.2) is 5.82 Å². The summed E-state index contributed by atoms with van der Waals surface area (Å²) >= 11 is 0. The van der Waals surface area contributed by atoms with Crippen LogP contribution < -0.4 is 5.69 Å². The summed E-state index contributed by atoms with van der Waals surface area (Å²) in [4.78, 5) is 34.1. The lowest BCUT2D eigenvalue weighted by molar-refractivity contribution is -0.146. The van der Waals surface area contributed by atoms with Crippen molar-refractivity contribution in [3.63, 3.8) is 0 Å². The molecule has 1 fully saturated rings. The van der Waals surface area contributed by atoms with E-state index < -0.39 is 30.0 Å². The molecule has 1 aliphatic rings. The third-order valence-electron chi connectivity index (χ3n) is 3.91. The molecule has 12 heteroatoms. The van der Waals surface area contributed by atoms with Gasteiger partial charge < -0.3 is 9.47 Å². The van der Waals surface area contributed by atoms with Gasteiger partial charge in [0.25, 0.3) is 0 Å². The normalized spacial score (nSPS) is 22.0. The van der Waals surface area contributed by atoms with Gasteiger partial charge in [0.2, 0.25) is 0 Å². The third kappa shape index (κ3) is 3.55. The van der Waals surface area contributed by atoms with Crippen molar-refractivity contribution in [3.8, 4) is 5.82 Å². The Balaban J connectivity index is 1.87. The van der Waals surface area contributed by atoms with E-state index in [0.717, 1.165) is 0 Å². The minimum atomic E-state index is -0.686. The summed E-state index contributed by atoms with van der Waals surface area (Å²) < 4.78 is 13.4. The molecule has 2 aromatic rings. The predicted molar refractivity (Wildman–Crippen MR) is 86.2 cm³/mol. The first-order chi connectivity index (χ1) is 12.5. The van der Waals surface area contributed by atoms with Gasteiger partial charge in [0.05, 0.1) is 6.04 Å². The Bertz CT molecular complexity index is 902. The average Bonchev–Trinajstić information content (AvgIpc) is 3.25. The van der Waals surface area contributed by atoms with Gasteiger partial charge in [-0.25, -0.2) is 14.5 Å². The van der Waals surface area contributed by atoms with Crippen LogP contribution in [0, 0.1) is 6.92 Å². The van der Waals surface area contributed by atoms with Crippen molar-refractivity contribution in [2.24, 2.45) is 5.11 Å². The highest BCUT2D eigenvalue weighted by molar-refractivity contribution is 5.65. The first-order valence-corrected chi connectivity index (χ1v) is 7.77. The Labute approximate surface area is 147 Å². The first kappa shape index (κ1) is 17.6. The SMILES string of the molecule is CC(=O)OC[C@H]1O[C@@H](n2cc(C)c(-n3cncn3)nc2=O)C[C@@H]1N=[N+]=[N-]. The topological polar surface area (TPSA) is 150 Å². The van der Waals surface area contributed by atoms with Crippen LogP contribution in [0.5, 0.6) is 0 Å². The maximum atomic E-state index is 12.4. The predicted octanol–water partition coefficient (Wildman–Crippen LogP) is 0.662. The Morgan fingerprint density at radius 1 is 1.58 bits per heavy atom. The molecule has 1 aliphatic heterocycles. The van der Waals surface area contributed by atoms with Crippen molar-refractivity contribution in [2.45, 2.75) is 38.6 Å². The lowest BCUT2D eigenvalue weighted by Gasteiger charge is -2.17. The molecule has 3 heterocycles. The molecule has 0 spiro atoms. The van der Waals surface area contributed by atoms with Crippen LogP contribution in [0.3, 0.4) is 0 Å². The zero-order chi connectivity index (χ0) is 18.7. The Morgan fingerprint density at radius 3 is 3.04 bits per heavy atom. The molecule has 3 atom stereocenters. The van der Waals surface area contributed by atoms with Crippen LogP contribution in [-0.2, 0) is 14.3 Å². The molecular formula is C14H16N8O4. The summed E-state index contributed by atoms with van der Waals surface area (Å²) in [5.41, 5.74) is 8.86. The molecule has 0 aromatic carbocycles. The van der Waals surface area contributed by atoms with E-state index in [9.17, 15) is 9.59 Å². The van der Waals surface area contributed by atoms with Crippen molar-refractivity contribution < 1.29 is 14.3 Å². The minimum Gasteiger partial charge on any atom is -0.463 e. The van der Waals surface area contributed by atoms with E-state index in [1.807, 2.05) is 0 Å². The summed E-state index contributed by atoms with van der Waals surface area (Å²) in [6.45, 7) is 2.99. The monoisotopic (exact) mass is 360 g/mol. The lowest BCUT2D eigenvalue weighted by atomic mass is 10.1. The molecule has 0 radical (unpaired) electrons. The number of hydrogen-bond acceptors (Lipinski definition) is 8. The van der Waals surface area contributed by atoms with Crippen LogP contribution in [0.25, 0.3) is 16.3 Å². The van der Waals surface area contributed by atoms with Gasteiger partial charge in [-0.3, -0.25) is 9.36 Å². The highest BCUT2D eigenvalue weighted by atomic mass is 16.6. The smallest absolute Gasteiger partial charge is 0.351 e. The highest BCUT2D eigenvalue weighted by Gasteiger charge is 2.37. The van der Waals surface area contributed by atoms with E-state index >= 15 is 0 Å². The van der Waals surface area contributed by atoms with Crippen LogP contribution >= 0.6 is 0 Å². The number of aromatic nitrogens is 5. The number of aryl methyl sites for hydroxylation is 1. The Morgan fingerprint density at radius 2 is 2.38 bits per heavy atom. The number of ether oxygens (including phenoxy) is 2. The fourth-order valence-corrected chi connectivity index (χ4v) is 2.74. The molecule has 3 rings (SSSR count). The molecule has 136 valence electrons. The minimum absolute atomic E-state index is 0.0618. The Hall–Kier alpha value is -3.24. The largest absolute Gasteiger partial charge is 0.463 e. The number of nitrogens with zero attached hydrogens (tertiary/aromatic N) is 8. The lowest BCUT2D eigenvalue weighted by Crippen LogP contribution is -2.29. The summed E-state index contributed by atoms with van der Waals surface area (Å²) in [6.07, 6.45) is 3.32. The van der Waals surface area contributed by atoms with Gasteiger partial charge in [-0.05, 0) is 12.5 Å². The van der Waals surface area contributed by atoms with Crippen LogP contribution in [0.15, 0.2) is 28.8 Å². The summed E-state index contributed by atoms with van der Waals surface area (Å²) in [5, 5.41) is 7.64. The third-order valence-corrected chi connectivity index (χ3v) is 3.91. The number of rotatable bonds is 5. The molecule has 0 unspecified atom stereocenters. The van der Waals surface area contributed by atoms with E-state index in [1.54, 1.807) is 13.1 Å². The van der Waals surface area contributed by atoms with Crippen molar-refractivity contribution in [1.82, 2.24) is 24.3 Å². The summed E-state index contributed by atoms with van der Waals surface area (Å²) in [5.74, 6) is -0.103. The molecule has 0 bridgehead atoms. The second-order valence-corrected chi connectivity index (χ2v) is 5.72. The fourth-order valence-electron chi connectivity index (χ4n) is 2.74. The van der Waals surface area contributed by atoms with Crippen molar-refractivity contribution in [3.05, 3.63) is 45.3 Å². The van der Waals surface area contributed by atoms with Crippen molar-refractivity contribution in [1.29, 1.82) is 0 Å². The van der Waals surface area contributed by atoms with Gasteiger partial charge in [-0.15, -0.1) is 0 Å². The highest BCUT2D eigenvalue weighted by Crippen LogP contribution is 2.30. The number of carbonyl (C=O) groups is 1. The quantitative estimate of drug-likeness (QED) is 0.329. The molecule has 26 heavy (non-hydrogen) atoms. The van der Waals surface area contributed by atoms with Gasteiger partial charge in [-0.2, -0.15) is 10.1 Å². The number of azide groups is 1. The van der Waals surface area contributed by atoms with Gasteiger partial charge in [0.1, 0.15) is 31.6 Å². The molecule has 0 N–H and O–H groups in total. The summed E-state index contributed by atoms with van der Waals surface area (Å²) in [7, 11) is 0. The van der Waals surface area contributed by atoms with Crippen LogP contribution in [0.4, 0.5) is 0 Å². The van der Waals surface area contributed by atoms with Crippen LogP contribution in [0.2, 0.25) is 0 Å². The van der Waals surface area contributed by atoms with Crippen LogP contribution in [0.1, 0.15) is 25.1 Å². The molecule has 0 saturated carbocycles. The van der Waals surface area contributed by atoms with E-state index in [0.29, 0.717) is 11.4 Å². The van der Waals surface area contributed by atoms with Gasteiger partial charge >= 0.3 is 11.7 Å². The fraction of sp³-hybridized carbons (Fsp3) is 0.500. The molecule has 12 nitrogen and oxygen atoms in total. The number of esters is 1. The standard InChI is InChI=1S/C14H16N8O4/c1-8-4-21(14(24)18-13(8)22-7-16-6-17-22)12-3-10(19-20-15)11(26-12)5-25-9(2)23/h4,6-7,10-12H,3,5H2,1-2H3/t10-,11+,12+/m0/s1. The van der Waals surface area contributed by atoms with E-state index in [-0.39, 0.29) is 13.0 Å². The second-order valence-electron chi connectivity index (χ2n) is 5.72. The molecule has 0 aliphatic carbocycles. The zero-order valence-corrected chi connectivity index (χ0v) is 14.1. The molecule has 1 saturated heterocycles. The molecule has 0 amide bonds. The van der Waals surface area contributed by atoms with Crippen molar-refractivity contribution in [2.75, 3.05) is 6.61 Å². The first-order valence-electron chi connectivity index (χ1n) is 7.77. The molecule has 2 aromatic heterocycles. The van der Waals surface area contributed by atoms with Crippen LogP contribution in [-0.4, -0.2) is 49.0 Å². The van der Waals surface area contributed by atoms with Gasteiger partial charge in [0, 0.05) is 30.0 Å². The zero-order valence-electron chi connectivity index (χ0n) is 14.1. The molecular weight excluding hydrogens is 344 g/mol. The van der Waals surface area contributed by atoms with E-state index in [1.165, 1.54) is 28.8 Å². The number of hydrogen-bond donors (Lipinski definition) is 0. The second kappa shape index (κ2) is 7.33. The van der Waals surface area contributed by atoms with Gasteiger partial charge in [-0.1, -0.05) is 5.11 Å².